The third kappa shape index (κ3) is 5.86. The number of aryl methyl sites for hydroxylation is 1. The molecule has 6 nitrogen and oxygen atoms in total. The number of imidazole rings is 1. The van der Waals surface area contributed by atoms with Crippen LogP contribution in [-0.2, 0) is 16.0 Å². The number of H-pyrrole nitrogens is 1. The molecule has 0 radical (unpaired) electrons. The van der Waals surface area contributed by atoms with E-state index in [9.17, 15) is 4.79 Å². The lowest BCUT2D eigenvalue weighted by molar-refractivity contribution is -0.118. The molecule has 0 saturated carbocycles. The summed E-state index contributed by atoms with van der Waals surface area (Å²) in [5.41, 5.74) is 3.33. The molecule has 1 aromatic carbocycles. The van der Waals surface area contributed by atoms with Crippen molar-refractivity contribution in [2.45, 2.75) is 18.5 Å². The Morgan fingerprint density at radius 1 is 1.31 bits per heavy atom. The first-order valence-corrected chi connectivity index (χ1v) is 9.98. The van der Waals surface area contributed by atoms with Crippen molar-refractivity contribution >= 4 is 17.7 Å². The number of carbonyl (C=O) groups is 1. The van der Waals surface area contributed by atoms with Crippen LogP contribution in [0.25, 0.3) is 0 Å². The van der Waals surface area contributed by atoms with Gasteiger partial charge >= 0.3 is 0 Å². The molecule has 1 fully saturated rings. The monoisotopic (exact) mass is 374 g/mol. The third-order valence-electron chi connectivity index (χ3n) is 4.37. The van der Waals surface area contributed by atoms with E-state index in [1.807, 2.05) is 25.1 Å². The zero-order chi connectivity index (χ0) is 18.2. The van der Waals surface area contributed by atoms with Crippen molar-refractivity contribution in [1.29, 1.82) is 0 Å². The number of morpholine rings is 1. The molecule has 2 N–H and O–H groups in total. The fourth-order valence-electron chi connectivity index (χ4n) is 2.86. The summed E-state index contributed by atoms with van der Waals surface area (Å²) >= 11 is 1.45. The number of nitrogens with zero attached hydrogens (tertiary/aromatic N) is 2. The number of aromatic nitrogens is 2. The van der Waals surface area contributed by atoms with E-state index in [2.05, 4.69) is 32.3 Å². The average molecular weight is 375 g/mol. The first-order valence-electron chi connectivity index (χ1n) is 9.00. The Bertz CT molecular complexity index is 699. The molecule has 140 valence electrons. The molecule has 1 amide bonds. The van der Waals surface area contributed by atoms with Gasteiger partial charge in [0.2, 0.25) is 5.91 Å². The van der Waals surface area contributed by atoms with Crippen LogP contribution in [0, 0.1) is 6.92 Å². The normalized spacial score (nSPS) is 15.1. The molecule has 0 bridgehead atoms. The molecule has 1 aliphatic rings. The fourth-order valence-corrected chi connectivity index (χ4v) is 3.63. The highest BCUT2D eigenvalue weighted by Gasteiger charge is 2.12. The van der Waals surface area contributed by atoms with Crippen LogP contribution in [0.3, 0.4) is 0 Å². The van der Waals surface area contributed by atoms with Crippen molar-refractivity contribution in [3.8, 4) is 0 Å². The minimum absolute atomic E-state index is 0.0434. The van der Waals surface area contributed by atoms with E-state index in [0.29, 0.717) is 12.3 Å². The van der Waals surface area contributed by atoms with Crippen molar-refractivity contribution in [1.82, 2.24) is 20.2 Å². The minimum atomic E-state index is 0.0434. The average Bonchev–Trinajstić information content (AvgIpc) is 3.01. The SMILES string of the molecule is Cc1[nH]c(SCC(=O)NCCN2CCOCC2)nc1Cc1ccccc1. The summed E-state index contributed by atoms with van der Waals surface area (Å²) in [5, 5.41) is 3.78. The van der Waals surface area contributed by atoms with Crippen molar-refractivity contribution in [2.24, 2.45) is 0 Å². The van der Waals surface area contributed by atoms with E-state index < -0.39 is 0 Å². The molecular formula is C19H26N4O2S. The smallest absolute Gasteiger partial charge is 0.230 e. The van der Waals surface area contributed by atoms with Gasteiger partial charge in [0.25, 0.3) is 0 Å². The number of benzene rings is 1. The summed E-state index contributed by atoms with van der Waals surface area (Å²) in [6.45, 7) is 7.04. The molecule has 2 heterocycles. The molecule has 0 atom stereocenters. The topological polar surface area (TPSA) is 70.2 Å². The van der Waals surface area contributed by atoms with Gasteiger partial charge < -0.3 is 15.0 Å². The maximum Gasteiger partial charge on any atom is 0.230 e. The second kappa shape index (κ2) is 9.75. The highest BCUT2D eigenvalue weighted by molar-refractivity contribution is 7.99. The lowest BCUT2D eigenvalue weighted by Crippen LogP contribution is -2.41. The number of amides is 1. The summed E-state index contributed by atoms with van der Waals surface area (Å²) in [6, 6.07) is 10.3. The quantitative estimate of drug-likeness (QED) is 0.690. The zero-order valence-corrected chi connectivity index (χ0v) is 16.0. The van der Waals surface area contributed by atoms with Gasteiger partial charge in [-0.2, -0.15) is 0 Å². The van der Waals surface area contributed by atoms with Gasteiger partial charge in [-0.25, -0.2) is 4.98 Å². The van der Waals surface area contributed by atoms with E-state index in [1.165, 1.54) is 17.3 Å². The number of hydrogen-bond donors (Lipinski definition) is 2. The van der Waals surface area contributed by atoms with Gasteiger partial charge in [0.1, 0.15) is 0 Å². The Kier molecular flexibility index (Phi) is 7.11. The number of carbonyl (C=O) groups excluding carboxylic acids is 1. The Balaban J connectivity index is 1.40. The van der Waals surface area contributed by atoms with Gasteiger partial charge in [0.15, 0.2) is 5.16 Å². The number of ether oxygens (including phenoxy) is 1. The predicted octanol–water partition coefficient (Wildman–Crippen LogP) is 1.85. The molecule has 0 unspecified atom stereocenters. The lowest BCUT2D eigenvalue weighted by Gasteiger charge is -2.26. The molecule has 26 heavy (non-hydrogen) atoms. The summed E-state index contributed by atoms with van der Waals surface area (Å²) in [6.07, 6.45) is 0.801. The summed E-state index contributed by atoms with van der Waals surface area (Å²) < 4.78 is 5.32. The van der Waals surface area contributed by atoms with Crippen LogP contribution in [0.1, 0.15) is 17.0 Å². The van der Waals surface area contributed by atoms with Crippen molar-refractivity contribution < 1.29 is 9.53 Å². The van der Waals surface area contributed by atoms with Crippen LogP contribution in [0.5, 0.6) is 0 Å². The maximum absolute atomic E-state index is 12.0. The van der Waals surface area contributed by atoms with E-state index >= 15 is 0 Å². The van der Waals surface area contributed by atoms with Gasteiger partial charge in [0.05, 0.1) is 24.7 Å². The Labute approximate surface area is 158 Å². The molecule has 1 aromatic heterocycles. The van der Waals surface area contributed by atoms with E-state index in [-0.39, 0.29) is 5.91 Å². The van der Waals surface area contributed by atoms with Crippen LogP contribution in [0.15, 0.2) is 35.5 Å². The molecule has 2 aromatic rings. The van der Waals surface area contributed by atoms with E-state index in [0.717, 1.165) is 55.8 Å². The van der Waals surface area contributed by atoms with E-state index in [1.54, 1.807) is 0 Å². The lowest BCUT2D eigenvalue weighted by atomic mass is 10.1. The summed E-state index contributed by atoms with van der Waals surface area (Å²) in [4.78, 5) is 22.2. The molecule has 3 rings (SSSR count). The largest absolute Gasteiger partial charge is 0.379 e. The number of thioether (sulfide) groups is 1. The number of hydrogen-bond acceptors (Lipinski definition) is 5. The second-order valence-electron chi connectivity index (χ2n) is 6.37. The van der Waals surface area contributed by atoms with Gasteiger partial charge in [-0.05, 0) is 12.5 Å². The number of rotatable bonds is 8. The van der Waals surface area contributed by atoms with Crippen LogP contribution in [0.2, 0.25) is 0 Å². The van der Waals surface area contributed by atoms with Crippen molar-refractivity contribution in [3.05, 3.63) is 47.3 Å². The van der Waals surface area contributed by atoms with Crippen molar-refractivity contribution in [3.63, 3.8) is 0 Å². The predicted molar refractivity (Wildman–Crippen MR) is 104 cm³/mol. The second-order valence-corrected chi connectivity index (χ2v) is 7.33. The highest BCUT2D eigenvalue weighted by Crippen LogP contribution is 2.18. The standard InChI is InChI=1S/C19H26N4O2S/c1-15-17(13-16-5-3-2-4-6-16)22-19(21-15)26-14-18(24)20-7-8-23-9-11-25-12-10-23/h2-6H,7-14H2,1H3,(H,20,24)(H,21,22). The molecular weight excluding hydrogens is 348 g/mol. The maximum atomic E-state index is 12.0. The molecule has 1 saturated heterocycles. The Hall–Kier alpha value is -1.83. The zero-order valence-electron chi connectivity index (χ0n) is 15.2. The Morgan fingerprint density at radius 2 is 2.08 bits per heavy atom. The minimum Gasteiger partial charge on any atom is -0.379 e. The van der Waals surface area contributed by atoms with Gasteiger partial charge in [-0.3, -0.25) is 9.69 Å². The fraction of sp³-hybridized carbons (Fsp3) is 0.474. The molecule has 0 aliphatic carbocycles. The molecule has 7 heteroatoms. The van der Waals surface area contributed by atoms with Gasteiger partial charge in [-0.15, -0.1) is 0 Å². The Morgan fingerprint density at radius 3 is 2.85 bits per heavy atom. The van der Waals surface area contributed by atoms with E-state index in [4.69, 9.17) is 4.74 Å². The summed E-state index contributed by atoms with van der Waals surface area (Å²) in [7, 11) is 0. The van der Waals surface area contributed by atoms with Crippen LogP contribution in [-0.4, -0.2) is 65.9 Å². The van der Waals surface area contributed by atoms with Gasteiger partial charge in [-0.1, -0.05) is 42.1 Å². The number of aromatic amines is 1. The van der Waals surface area contributed by atoms with Crippen molar-refractivity contribution in [2.75, 3.05) is 45.1 Å². The molecule has 0 spiro atoms. The number of nitrogens with one attached hydrogen (secondary N) is 2. The molecule has 1 aliphatic heterocycles. The summed E-state index contributed by atoms with van der Waals surface area (Å²) in [5.74, 6) is 0.419. The third-order valence-corrected chi connectivity index (χ3v) is 5.25. The van der Waals surface area contributed by atoms with Crippen LogP contribution >= 0.6 is 11.8 Å². The van der Waals surface area contributed by atoms with Gasteiger partial charge in [0, 0.05) is 38.3 Å². The van der Waals surface area contributed by atoms with Crippen LogP contribution < -0.4 is 5.32 Å². The highest BCUT2D eigenvalue weighted by atomic mass is 32.2. The first kappa shape index (κ1) is 18.9. The first-order chi connectivity index (χ1) is 12.7. The van der Waals surface area contributed by atoms with Crippen LogP contribution in [0.4, 0.5) is 0 Å².